The van der Waals surface area contributed by atoms with Gasteiger partial charge in [0.1, 0.15) is 5.82 Å². The molecule has 2 aliphatic rings. The number of carboxylic acid groups (broad SMARTS) is 1. The maximum atomic E-state index is 13.1. The molecule has 2 fully saturated rings. The molecule has 0 heterocycles. The second-order valence-corrected chi connectivity index (χ2v) is 8.13. The Morgan fingerprint density at radius 1 is 1.16 bits per heavy atom. The fourth-order valence-electron chi connectivity index (χ4n) is 4.39. The standard InChI is InChI=1S/C20H26FNO3/c1-20(2)16(13-7-9-15(21)10-8-13)17(20)18(23)22-11-12-3-5-14(6-4-12)19(24)25/h7-10,12,14,16-17H,3-6,11H2,1-2H3,(H,22,23)(H,24,25). The molecule has 0 aromatic heterocycles. The predicted octanol–water partition coefficient (Wildman–Crippen LogP) is 3.57. The average Bonchev–Trinajstić information content (AvgIpc) is 3.16. The number of rotatable bonds is 5. The molecule has 136 valence electrons. The maximum Gasteiger partial charge on any atom is 0.306 e. The molecule has 3 rings (SSSR count). The van der Waals surface area contributed by atoms with Gasteiger partial charge in [-0.1, -0.05) is 26.0 Å². The largest absolute Gasteiger partial charge is 0.481 e. The van der Waals surface area contributed by atoms with Gasteiger partial charge in [-0.15, -0.1) is 0 Å². The topological polar surface area (TPSA) is 66.4 Å². The van der Waals surface area contributed by atoms with Gasteiger partial charge in [0.05, 0.1) is 11.8 Å². The first kappa shape index (κ1) is 17.9. The molecule has 0 aliphatic heterocycles. The van der Waals surface area contributed by atoms with Gasteiger partial charge in [0.25, 0.3) is 0 Å². The second kappa shape index (κ2) is 6.77. The summed E-state index contributed by atoms with van der Waals surface area (Å²) < 4.78 is 13.1. The lowest BCUT2D eigenvalue weighted by Crippen LogP contribution is -2.34. The number of aliphatic carboxylic acids is 1. The molecule has 4 nitrogen and oxygen atoms in total. The van der Waals surface area contributed by atoms with Crippen molar-refractivity contribution in [1.82, 2.24) is 5.32 Å². The molecular weight excluding hydrogens is 321 g/mol. The van der Waals surface area contributed by atoms with E-state index in [1.807, 2.05) is 0 Å². The highest BCUT2D eigenvalue weighted by Crippen LogP contribution is 2.64. The normalized spacial score (nSPS) is 30.5. The lowest BCUT2D eigenvalue weighted by atomic mass is 9.82. The first-order valence-electron chi connectivity index (χ1n) is 9.06. The smallest absolute Gasteiger partial charge is 0.306 e. The predicted molar refractivity (Wildman–Crippen MR) is 92.5 cm³/mol. The number of carboxylic acids is 1. The molecule has 0 spiro atoms. The van der Waals surface area contributed by atoms with Gasteiger partial charge >= 0.3 is 5.97 Å². The van der Waals surface area contributed by atoms with E-state index in [1.165, 1.54) is 12.1 Å². The Bertz CT molecular complexity index is 647. The molecule has 25 heavy (non-hydrogen) atoms. The monoisotopic (exact) mass is 347 g/mol. The van der Waals surface area contributed by atoms with E-state index in [1.54, 1.807) is 12.1 Å². The Labute approximate surface area is 147 Å². The Kier molecular flexibility index (Phi) is 4.85. The molecule has 0 radical (unpaired) electrons. The van der Waals surface area contributed by atoms with Crippen molar-refractivity contribution in [2.75, 3.05) is 6.54 Å². The molecule has 1 amide bonds. The molecule has 0 saturated heterocycles. The van der Waals surface area contributed by atoms with Crippen molar-refractivity contribution in [3.63, 3.8) is 0 Å². The van der Waals surface area contributed by atoms with Crippen molar-refractivity contribution >= 4 is 11.9 Å². The minimum absolute atomic E-state index is 0.0553. The van der Waals surface area contributed by atoms with Crippen LogP contribution in [0.4, 0.5) is 4.39 Å². The van der Waals surface area contributed by atoms with Gasteiger partial charge in [0.15, 0.2) is 0 Å². The van der Waals surface area contributed by atoms with Gasteiger partial charge in [-0.05, 0) is 54.7 Å². The van der Waals surface area contributed by atoms with E-state index < -0.39 is 5.97 Å². The summed E-state index contributed by atoms with van der Waals surface area (Å²) in [5, 5.41) is 12.1. The van der Waals surface area contributed by atoms with Gasteiger partial charge in [0.2, 0.25) is 5.91 Å². The van der Waals surface area contributed by atoms with Crippen LogP contribution in [0, 0.1) is 29.0 Å². The Hall–Kier alpha value is -1.91. The molecule has 2 N–H and O–H groups in total. The molecule has 1 aromatic rings. The molecule has 2 aliphatic carbocycles. The van der Waals surface area contributed by atoms with Crippen molar-refractivity contribution in [2.24, 2.45) is 23.2 Å². The number of nitrogens with one attached hydrogen (secondary N) is 1. The zero-order valence-electron chi connectivity index (χ0n) is 14.8. The van der Waals surface area contributed by atoms with Crippen LogP contribution in [0.5, 0.6) is 0 Å². The summed E-state index contributed by atoms with van der Waals surface area (Å²) in [6.07, 6.45) is 3.10. The van der Waals surface area contributed by atoms with Crippen LogP contribution in [0.15, 0.2) is 24.3 Å². The van der Waals surface area contributed by atoms with Crippen molar-refractivity contribution in [3.8, 4) is 0 Å². The van der Waals surface area contributed by atoms with Crippen LogP contribution in [0.1, 0.15) is 51.0 Å². The summed E-state index contributed by atoms with van der Waals surface area (Å²) in [7, 11) is 0. The van der Waals surface area contributed by atoms with E-state index in [4.69, 9.17) is 5.11 Å². The molecule has 2 atom stereocenters. The zero-order valence-corrected chi connectivity index (χ0v) is 14.8. The second-order valence-electron chi connectivity index (χ2n) is 8.13. The number of carbonyl (C=O) groups excluding carboxylic acids is 1. The van der Waals surface area contributed by atoms with E-state index in [9.17, 15) is 14.0 Å². The van der Waals surface area contributed by atoms with Crippen LogP contribution < -0.4 is 5.32 Å². The van der Waals surface area contributed by atoms with Crippen molar-refractivity contribution in [3.05, 3.63) is 35.6 Å². The van der Waals surface area contributed by atoms with E-state index in [0.717, 1.165) is 18.4 Å². The minimum atomic E-state index is -0.704. The summed E-state index contributed by atoms with van der Waals surface area (Å²) in [6, 6.07) is 6.42. The Balaban J connectivity index is 1.52. The molecule has 1 aromatic carbocycles. The Morgan fingerprint density at radius 3 is 2.32 bits per heavy atom. The highest BCUT2D eigenvalue weighted by atomic mass is 19.1. The van der Waals surface area contributed by atoms with Gasteiger partial charge in [-0.2, -0.15) is 0 Å². The third-order valence-electron chi connectivity index (χ3n) is 6.10. The van der Waals surface area contributed by atoms with Gasteiger partial charge in [0, 0.05) is 12.5 Å². The quantitative estimate of drug-likeness (QED) is 0.856. The van der Waals surface area contributed by atoms with Crippen LogP contribution in [0.3, 0.4) is 0 Å². The minimum Gasteiger partial charge on any atom is -0.481 e. The number of benzene rings is 1. The summed E-state index contributed by atoms with van der Waals surface area (Å²) in [4.78, 5) is 23.6. The highest BCUT2D eigenvalue weighted by molar-refractivity contribution is 5.84. The Morgan fingerprint density at radius 2 is 1.76 bits per heavy atom. The van der Waals surface area contributed by atoms with Crippen LogP contribution in [0.2, 0.25) is 0 Å². The van der Waals surface area contributed by atoms with Crippen LogP contribution in [0.25, 0.3) is 0 Å². The molecule has 5 heteroatoms. The van der Waals surface area contributed by atoms with E-state index in [0.29, 0.717) is 25.3 Å². The summed E-state index contributed by atoms with van der Waals surface area (Å²) in [6.45, 7) is 4.76. The lowest BCUT2D eigenvalue weighted by Gasteiger charge is -2.26. The van der Waals surface area contributed by atoms with E-state index in [-0.39, 0.29) is 34.9 Å². The molecule has 2 unspecified atom stereocenters. The lowest BCUT2D eigenvalue weighted by molar-refractivity contribution is -0.143. The maximum absolute atomic E-state index is 13.1. The van der Waals surface area contributed by atoms with Gasteiger partial charge in [-0.25, -0.2) is 4.39 Å². The fourth-order valence-corrected chi connectivity index (χ4v) is 4.39. The first-order chi connectivity index (χ1) is 11.8. The first-order valence-corrected chi connectivity index (χ1v) is 9.06. The van der Waals surface area contributed by atoms with Crippen molar-refractivity contribution in [2.45, 2.75) is 45.4 Å². The third-order valence-corrected chi connectivity index (χ3v) is 6.10. The number of hydrogen-bond donors (Lipinski definition) is 2. The van der Waals surface area contributed by atoms with Crippen molar-refractivity contribution < 1.29 is 19.1 Å². The van der Waals surface area contributed by atoms with Crippen LogP contribution >= 0.6 is 0 Å². The van der Waals surface area contributed by atoms with Crippen LogP contribution in [-0.2, 0) is 9.59 Å². The summed E-state index contributed by atoms with van der Waals surface area (Å²) in [5.41, 5.74) is 0.886. The molecule has 2 saturated carbocycles. The fraction of sp³-hybridized carbons (Fsp3) is 0.600. The number of carbonyl (C=O) groups is 2. The van der Waals surface area contributed by atoms with E-state index >= 15 is 0 Å². The summed E-state index contributed by atoms with van der Waals surface area (Å²) >= 11 is 0. The number of amides is 1. The van der Waals surface area contributed by atoms with Crippen LogP contribution in [-0.4, -0.2) is 23.5 Å². The molecule has 0 bridgehead atoms. The van der Waals surface area contributed by atoms with Crippen molar-refractivity contribution in [1.29, 1.82) is 0 Å². The number of hydrogen-bond acceptors (Lipinski definition) is 2. The average molecular weight is 347 g/mol. The third kappa shape index (κ3) is 3.70. The SMILES string of the molecule is CC1(C)C(C(=O)NCC2CCC(C(=O)O)CC2)C1c1ccc(F)cc1. The number of halogens is 1. The zero-order chi connectivity index (χ0) is 18.2. The van der Waals surface area contributed by atoms with E-state index in [2.05, 4.69) is 19.2 Å². The van der Waals surface area contributed by atoms with Gasteiger partial charge < -0.3 is 10.4 Å². The summed E-state index contributed by atoms with van der Waals surface area (Å²) in [5.74, 6) is -0.740. The van der Waals surface area contributed by atoms with Gasteiger partial charge in [-0.3, -0.25) is 9.59 Å². The molecular formula is C20H26FNO3. The highest BCUT2D eigenvalue weighted by Gasteiger charge is 2.62.